The predicted molar refractivity (Wildman–Crippen MR) is 67.1 cm³/mol. The minimum Gasteiger partial charge on any atom is -0.388 e. The first kappa shape index (κ1) is 10.9. The van der Waals surface area contributed by atoms with E-state index >= 15 is 0 Å². The topological polar surface area (TPSA) is 20.2 Å². The van der Waals surface area contributed by atoms with Crippen molar-refractivity contribution >= 4 is 27.3 Å². The molecule has 1 atom stereocenters. The molecule has 1 nitrogen and oxygen atoms in total. The number of rotatable bonds is 3. The van der Waals surface area contributed by atoms with E-state index in [1.165, 1.54) is 5.56 Å². The van der Waals surface area contributed by atoms with Crippen molar-refractivity contribution in [2.75, 3.05) is 0 Å². The molecular weight excluding hydrogens is 272 g/mol. The summed E-state index contributed by atoms with van der Waals surface area (Å²) in [6, 6.07) is 9.84. The summed E-state index contributed by atoms with van der Waals surface area (Å²) >= 11 is 5.04. The van der Waals surface area contributed by atoms with Gasteiger partial charge in [0.1, 0.15) is 0 Å². The third-order valence-electron chi connectivity index (χ3n) is 2.26. The van der Waals surface area contributed by atoms with E-state index < -0.39 is 6.10 Å². The molecule has 0 amide bonds. The summed E-state index contributed by atoms with van der Waals surface area (Å²) in [5.41, 5.74) is 2.15. The Kier molecular flexibility index (Phi) is 3.57. The van der Waals surface area contributed by atoms with E-state index in [1.54, 1.807) is 11.3 Å². The molecule has 0 radical (unpaired) electrons. The fourth-order valence-electron chi connectivity index (χ4n) is 1.43. The van der Waals surface area contributed by atoms with Crippen molar-refractivity contribution in [1.29, 1.82) is 0 Å². The highest BCUT2D eigenvalue weighted by Crippen LogP contribution is 2.21. The molecule has 1 N–H and O–H groups in total. The molecule has 3 heteroatoms. The van der Waals surface area contributed by atoms with E-state index in [1.807, 2.05) is 35.7 Å². The lowest BCUT2D eigenvalue weighted by Gasteiger charge is -2.09. The van der Waals surface area contributed by atoms with Crippen molar-refractivity contribution in [2.45, 2.75) is 12.5 Å². The SMILES string of the molecule is OC(Cc1ccsc1)c1ccc(Br)cc1. The third-order valence-corrected chi connectivity index (χ3v) is 3.52. The van der Waals surface area contributed by atoms with Crippen molar-refractivity contribution in [3.05, 3.63) is 56.7 Å². The Hall–Kier alpha value is -0.640. The van der Waals surface area contributed by atoms with Crippen LogP contribution in [0.15, 0.2) is 45.6 Å². The first-order valence-corrected chi connectivity index (χ1v) is 6.44. The van der Waals surface area contributed by atoms with Crippen LogP contribution < -0.4 is 0 Å². The number of aliphatic hydroxyl groups excluding tert-OH is 1. The smallest absolute Gasteiger partial charge is 0.0830 e. The lowest BCUT2D eigenvalue weighted by atomic mass is 10.0. The number of aliphatic hydroxyl groups is 1. The summed E-state index contributed by atoms with van der Waals surface area (Å²) in [4.78, 5) is 0. The Labute approximate surface area is 102 Å². The molecule has 0 fully saturated rings. The van der Waals surface area contributed by atoms with Crippen LogP contribution in [0.5, 0.6) is 0 Å². The Morgan fingerprint density at radius 2 is 1.93 bits per heavy atom. The van der Waals surface area contributed by atoms with Crippen LogP contribution >= 0.6 is 27.3 Å². The van der Waals surface area contributed by atoms with Crippen LogP contribution in [0.4, 0.5) is 0 Å². The largest absolute Gasteiger partial charge is 0.388 e. The Morgan fingerprint density at radius 3 is 2.53 bits per heavy atom. The number of hydrogen-bond donors (Lipinski definition) is 1. The maximum atomic E-state index is 9.97. The lowest BCUT2D eigenvalue weighted by Crippen LogP contribution is -2.00. The normalized spacial score (nSPS) is 12.7. The van der Waals surface area contributed by atoms with Gasteiger partial charge < -0.3 is 5.11 Å². The second kappa shape index (κ2) is 4.92. The van der Waals surface area contributed by atoms with Gasteiger partial charge in [0, 0.05) is 10.9 Å². The molecule has 15 heavy (non-hydrogen) atoms. The third kappa shape index (κ3) is 2.91. The molecule has 2 aromatic rings. The summed E-state index contributed by atoms with van der Waals surface area (Å²) in [5, 5.41) is 14.1. The molecule has 0 aliphatic rings. The molecule has 0 aliphatic carbocycles. The predicted octanol–water partition coefficient (Wildman–Crippen LogP) is 3.79. The van der Waals surface area contributed by atoms with Gasteiger partial charge in [0.25, 0.3) is 0 Å². The molecule has 1 heterocycles. The van der Waals surface area contributed by atoms with Gasteiger partial charge in [0.2, 0.25) is 0 Å². The maximum absolute atomic E-state index is 9.97. The average Bonchev–Trinajstić information content (AvgIpc) is 2.71. The van der Waals surface area contributed by atoms with Gasteiger partial charge in [0.15, 0.2) is 0 Å². The van der Waals surface area contributed by atoms with Crippen LogP contribution in [0.25, 0.3) is 0 Å². The fourth-order valence-corrected chi connectivity index (χ4v) is 2.38. The second-order valence-corrected chi connectivity index (χ2v) is 5.10. The highest BCUT2D eigenvalue weighted by Gasteiger charge is 2.08. The quantitative estimate of drug-likeness (QED) is 0.908. The monoisotopic (exact) mass is 282 g/mol. The molecule has 0 spiro atoms. The first-order chi connectivity index (χ1) is 7.25. The van der Waals surface area contributed by atoms with Crippen molar-refractivity contribution in [3.8, 4) is 0 Å². The summed E-state index contributed by atoms with van der Waals surface area (Å²) in [6.07, 6.45) is 0.276. The lowest BCUT2D eigenvalue weighted by molar-refractivity contribution is 0.178. The summed E-state index contributed by atoms with van der Waals surface area (Å²) in [6.45, 7) is 0. The van der Waals surface area contributed by atoms with E-state index in [2.05, 4.69) is 21.3 Å². The zero-order valence-electron chi connectivity index (χ0n) is 8.06. The second-order valence-electron chi connectivity index (χ2n) is 3.40. The molecule has 0 aliphatic heterocycles. The van der Waals surface area contributed by atoms with Crippen LogP contribution in [0, 0.1) is 0 Å². The van der Waals surface area contributed by atoms with Gasteiger partial charge in [-0.15, -0.1) is 0 Å². The molecule has 2 rings (SSSR count). The fraction of sp³-hybridized carbons (Fsp3) is 0.167. The molecule has 0 bridgehead atoms. The standard InChI is InChI=1S/C12H11BrOS/c13-11-3-1-10(2-4-11)12(14)7-9-5-6-15-8-9/h1-6,8,12,14H,7H2. The molecular formula is C12H11BrOS. The van der Waals surface area contributed by atoms with Gasteiger partial charge >= 0.3 is 0 Å². The van der Waals surface area contributed by atoms with Crippen LogP contribution in [-0.4, -0.2) is 5.11 Å². The molecule has 1 aromatic heterocycles. The van der Waals surface area contributed by atoms with E-state index in [4.69, 9.17) is 0 Å². The first-order valence-electron chi connectivity index (χ1n) is 4.70. The van der Waals surface area contributed by atoms with Crippen molar-refractivity contribution in [1.82, 2.24) is 0 Å². The van der Waals surface area contributed by atoms with E-state index in [9.17, 15) is 5.11 Å². The Bertz CT molecular complexity index is 408. The van der Waals surface area contributed by atoms with E-state index in [0.717, 1.165) is 10.0 Å². The minimum atomic E-state index is -0.410. The van der Waals surface area contributed by atoms with Crippen molar-refractivity contribution in [3.63, 3.8) is 0 Å². The highest BCUT2D eigenvalue weighted by molar-refractivity contribution is 9.10. The minimum absolute atomic E-state index is 0.410. The summed E-state index contributed by atoms with van der Waals surface area (Å²) in [7, 11) is 0. The van der Waals surface area contributed by atoms with Gasteiger partial charge in [-0.2, -0.15) is 11.3 Å². The maximum Gasteiger partial charge on any atom is 0.0830 e. The number of benzene rings is 1. The highest BCUT2D eigenvalue weighted by atomic mass is 79.9. The van der Waals surface area contributed by atoms with Crippen LogP contribution in [0.3, 0.4) is 0 Å². The molecule has 0 saturated carbocycles. The molecule has 1 aromatic carbocycles. The molecule has 0 saturated heterocycles. The van der Waals surface area contributed by atoms with Gasteiger partial charge in [-0.1, -0.05) is 28.1 Å². The Balaban J connectivity index is 2.08. The molecule has 78 valence electrons. The summed E-state index contributed by atoms with van der Waals surface area (Å²) in [5.74, 6) is 0. The van der Waals surface area contributed by atoms with Gasteiger partial charge in [-0.3, -0.25) is 0 Å². The van der Waals surface area contributed by atoms with Crippen LogP contribution in [-0.2, 0) is 6.42 Å². The van der Waals surface area contributed by atoms with Gasteiger partial charge in [0.05, 0.1) is 6.10 Å². The number of halogens is 1. The number of thiophene rings is 1. The van der Waals surface area contributed by atoms with Gasteiger partial charge in [-0.25, -0.2) is 0 Å². The van der Waals surface area contributed by atoms with Crippen LogP contribution in [0.1, 0.15) is 17.2 Å². The molecule has 1 unspecified atom stereocenters. The zero-order valence-corrected chi connectivity index (χ0v) is 10.5. The average molecular weight is 283 g/mol. The van der Waals surface area contributed by atoms with E-state index in [0.29, 0.717) is 6.42 Å². The van der Waals surface area contributed by atoms with Crippen molar-refractivity contribution < 1.29 is 5.11 Å². The van der Waals surface area contributed by atoms with Crippen molar-refractivity contribution in [2.24, 2.45) is 0 Å². The van der Waals surface area contributed by atoms with Crippen LogP contribution in [0.2, 0.25) is 0 Å². The number of hydrogen-bond acceptors (Lipinski definition) is 2. The zero-order chi connectivity index (χ0) is 10.7. The summed E-state index contributed by atoms with van der Waals surface area (Å²) < 4.78 is 1.04. The Morgan fingerprint density at radius 1 is 1.20 bits per heavy atom. The van der Waals surface area contributed by atoms with E-state index in [-0.39, 0.29) is 0 Å². The van der Waals surface area contributed by atoms with Gasteiger partial charge in [-0.05, 0) is 40.1 Å².